The first-order chi connectivity index (χ1) is 7.03. The molecule has 0 aliphatic carbocycles. The van der Waals surface area contributed by atoms with Crippen LogP contribution in [-0.2, 0) is 10.8 Å². The summed E-state index contributed by atoms with van der Waals surface area (Å²) in [6.07, 6.45) is 0. The van der Waals surface area contributed by atoms with Gasteiger partial charge in [0.1, 0.15) is 5.75 Å². The molecule has 0 aliphatic rings. The Labute approximate surface area is 98.5 Å². The summed E-state index contributed by atoms with van der Waals surface area (Å²) >= 11 is 0. The van der Waals surface area contributed by atoms with Crippen LogP contribution in [0.2, 0.25) is 0 Å². The van der Waals surface area contributed by atoms with Gasteiger partial charge in [-0.25, -0.2) is 0 Å². The Bertz CT molecular complexity index is 359. The fourth-order valence-corrected chi connectivity index (χ4v) is 1.80. The fourth-order valence-electron chi connectivity index (χ4n) is 1.80. The van der Waals surface area contributed by atoms with E-state index in [1.807, 2.05) is 12.1 Å². The van der Waals surface area contributed by atoms with Crippen LogP contribution in [-0.4, -0.2) is 5.11 Å². The summed E-state index contributed by atoms with van der Waals surface area (Å²) in [6.45, 7) is 12.5. The molecule has 2 nitrogen and oxygen atoms in total. The average molecular weight is 221 g/mol. The van der Waals surface area contributed by atoms with Crippen LogP contribution in [0.3, 0.4) is 0 Å². The Morgan fingerprint density at radius 1 is 0.875 bits per heavy atom. The van der Waals surface area contributed by atoms with Crippen LogP contribution in [0.15, 0.2) is 12.1 Å². The molecule has 0 saturated carbocycles. The highest BCUT2D eigenvalue weighted by molar-refractivity contribution is 5.56. The van der Waals surface area contributed by atoms with Gasteiger partial charge in [-0.05, 0) is 23.0 Å². The van der Waals surface area contributed by atoms with Gasteiger partial charge >= 0.3 is 0 Å². The first-order valence-corrected chi connectivity index (χ1v) is 5.67. The third-order valence-corrected chi connectivity index (χ3v) is 2.75. The number of hydrogen-bond donors (Lipinski definition) is 2. The van der Waals surface area contributed by atoms with E-state index in [2.05, 4.69) is 41.5 Å². The second kappa shape index (κ2) is 3.69. The molecule has 0 saturated heterocycles. The summed E-state index contributed by atoms with van der Waals surface area (Å²) in [5.41, 5.74) is 8.26. The van der Waals surface area contributed by atoms with Crippen molar-refractivity contribution >= 4 is 5.69 Å². The summed E-state index contributed by atoms with van der Waals surface area (Å²) in [7, 11) is 0. The molecule has 1 aromatic rings. The largest absolute Gasteiger partial charge is 0.507 e. The molecule has 3 N–H and O–H groups in total. The quantitative estimate of drug-likeness (QED) is 0.519. The molecule has 0 fully saturated rings. The van der Waals surface area contributed by atoms with Crippen LogP contribution in [0.1, 0.15) is 52.7 Å². The van der Waals surface area contributed by atoms with Crippen molar-refractivity contribution in [2.24, 2.45) is 0 Å². The van der Waals surface area contributed by atoms with E-state index >= 15 is 0 Å². The molecule has 0 aliphatic heterocycles. The highest BCUT2D eigenvalue weighted by Gasteiger charge is 2.25. The zero-order chi connectivity index (χ0) is 12.7. The normalized spacial score (nSPS) is 12.9. The molecule has 1 rings (SSSR count). The van der Waals surface area contributed by atoms with Gasteiger partial charge in [0, 0.05) is 16.8 Å². The molecule has 0 unspecified atom stereocenters. The van der Waals surface area contributed by atoms with Crippen molar-refractivity contribution in [2.45, 2.75) is 52.4 Å². The van der Waals surface area contributed by atoms with Gasteiger partial charge < -0.3 is 10.8 Å². The lowest BCUT2D eigenvalue weighted by atomic mass is 9.79. The first-order valence-electron chi connectivity index (χ1n) is 5.67. The molecule has 0 radical (unpaired) electrons. The molecule has 0 atom stereocenters. The lowest BCUT2D eigenvalue weighted by Gasteiger charge is -2.27. The SMILES string of the molecule is CC(C)(C)c1cc(N)cc(C(C)(C)C)c1O. The Kier molecular flexibility index (Phi) is 2.97. The summed E-state index contributed by atoms with van der Waals surface area (Å²) in [5, 5.41) is 10.3. The highest BCUT2D eigenvalue weighted by Crippen LogP contribution is 2.40. The molecule has 90 valence electrons. The van der Waals surface area contributed by atoms with Crippen LogP contribution in [0, 0.1) is 0 Å². The van der Waals surface area contributed by atoms with Crippen LogP contribution < -0.4 is 5.73 Å². The monoisotopic (exact) mass is 221 g/mol. The van der Waals surface area contributed by atoms with Crippen LogP contribution in [0.5, 0.6) is 5.75 Å². The van der Waals surface area contributed by atoms with Gasteiger partial charge in [-0.2, -0.15) is 0 Å². The maximum absolute atomic E-state index is 10.3. The number of phenolic OH excluding ortho intramolecular Hbond substituents is 1. The van der Waals surface area contributed by atoms with E-state index in [0.717, 1.165) is 11.1 Å². The minimum Gasteiger partial charge on any atom is -0.507 e. The number of nitrogens with two attached hydrogens (primary N) is 1. The maximum Gasteiger partial charge on any atom is 0.123 e. The molecular weight excluding hydrogens is 198 g/mol. The smallest absolute Gasteiger partial charge is 0.123 e. The van der Waals surface area contributed by atoms with Crippen molar-refractivity contribution < 1.29 is 5.11 Å². The van der Waals surface area contributed by atoms with E-state index in [4.69, 9.17) is 5.73 Å². The van der Waals surface area contributed by atoms with Crippen molar-refractivity contribution in [2.75, 3.05) is 5.73 Å². The minimum atomic E-state index is -0.0978. The number of hydrogen-bond acceptors (Lipinski definition) is 2. The molecule has 16 heavy (non-hydrogen) atoms. The van der Waals surface area contributed by atoms with E-state index in [1.165, 1.54) is 0 Å². The van der Waals surface area contributed by atoms with Gasteiger partial charge in [-0.15, -0.1) is 0 Å². The molecule has 1 aromatic carbocycles. The van der Waals surface area contributed by atoms with Crippen LogP contribution in [0.25, 0.3) is 0 Å². The van der Waals surface area contributed by atoms with Gasteiger partial charge in [-0.3, -0.25) is 0 Å². The zero-order valence-corrected chi connectivity index (χ0v) is 11.2. The Morgan fingerprint density at radius 2 is 1.19 bits per heavy atom. The third kappa shape index (κ3) is 2.49. The predicted octanol–water partition coefficient (Wildman–Crippen LogP) is 3.57. The van der Waals surface area contributed by atoms with Gasteiger partial charge in [0.15, 0.2) is 0 Å². The topological polar surface area (TPSA) is 46.2 Å². The Balaban J connectivity index is 3.51. The zero-order valence-electron chi connectivity index (χ0n) is 11.2. The first kappa shape index (κ1) is 12.9. The lowest BCUT2D eigenvalue weighted by molar-refractivity contribution is 0.423. The van der Waals surface area contributed by atoms with E-state index in [-0.39, 0.29) is 10.8 Å². The summed E-state index contributed by atoms with van der Waals surface area (Å²) in [4.78, 5) is 0. The molecule has 0 spiro atoms. The number of benzene rings is 1. The van der Waals surface area contributed by atoms with Gasteiger partial charge in [0.25, 0.3) is 0 Å². The van der Waals surface area contributed by atoms with Crippen LogP contribution >= 0.6 is 0 Å². The van der Waals surface area contributed by atoms with E-state index in [1.54, 1.807) is 0 Å². The standard InChI is InChI=1S/C14H23NO/c1-13(2,3)10-7-9(15)8-11(12(10)16)14(4,5)6/h7-8,16H,15H2,1-6H3. The number of nitrogen functional groups attached to an aromatic ring is 1. The summed E-state index contributed by atoms with van der Waals surface area (Å²) < 4.78 is 0. The lowest BCUT2D eigenvalue weighted by Crippen LogP contribution is -2.17. The molecule has 0 amide bonds. The summed E-state index contributed by atoms with van der Waals surface area (Å²) in [6, 6.07) is 3.73. The fraction of sp³-hybridized carbons (Fsp3) is 0.571. The molecule has 0 aromatic heterocycles. The van der Waals surface area contributed by atoms with Gasteiger partial charge in [0.05, 0.1) is 0 Å². The summed E-state index contributed by atoms with van der Waals surface area (Å²) in [5.74, 6) is 0.384. The Morgan fingerprint density at radius 3 is 1.44 bits per heavy atom. The average Bonchev–Trinajstić information content (AvgIpc) is 2.04. The van der Waals surface area contributed by atoms with E-state index < -0.39 is 0 Å². The van der Waals surface area contributed by atoms with Crippen molar-refractivity contribution in [3.63, 3.8) is 0 Å². The van der Waals surface area contributed by atoms with Crippen molar-refractivity contribution in [1.82, 2.24) is 0 Å². The minimum absolute atomic E-state index is 0.0978. The molecule has 0 bridgehead atoms. The molecule has 2 heteroatoms. The van der Waals surface area contributed by atoms with E-state index in [9.17, 15) is 5.11 Å². The van der Waals surface area contributed by atoms with Crippen molar-refractivity contribution in [1.29, 1.82) is 0 Å². The number of anilines is 1. The van der Waals surface area contributed by atoms with Gasteiger partial charge in [-0.1, -0.05) is 41.5 Å². The van der Waals surface area contributed by atoms with Crippen molar-refractivity contribution in [3.05, 3.63) is 23.3 Å². The van der Waals surface area contributed by atoms with Crippen molar-refractivity contribution in [3.8, 4) is 5.75 Å². The number of rotatable bonds is 0. The highest BCUT2D eigenvalue weighted by atomic mass is 16.3. The maximum atomic E-state index is 10.3. The number of phenols is 1. The van der Waals surface area contributed by atoms with Gasteiger partial charge in [0.2, 0.25) is 0 Å². The number of aromatic hydroxyl groups is 1. The second-order valence-corrected chi connectivity index (χ2v) is 6.46. The van der Waals surface area contributed by atoms with Crippen LogP contribution in [0.4, 0.5) is 5.69 Å². The second-order valence-electron chi connectivity index (χ2n) is 6.46. The van der Waals surface area contributed by atoms with E-state index in [0.29, 0.717) is 11.4 Å². The molecular formula is C14H23NO. The molecule has 0 heterocycles. The Hall–Kier alpha value is -1.18. The third-order valence-electron chi connectivity index (χ3n) is 2.75. The predicted molar refractivity (Wildman–Crippen MR) is 69.9 cm³/mol.